The van der Waals surface area contributed by atoms with Crippen LogP contribution in [-0.2, 0) is 35.0 Å². The maximum absolute atomic E-state index is 13.5. The SMILES string of the molecule is COC(=O)OC/C=C/CC(Cc1ccc(O)cc1C)(C(=O)OC(C)(C)C)C(=O)OC(C)(C)C. The average Bonchev–Trinajstić information content (AvgIpc) is 2.65. The number of carbonyl (C=O) groups is 3. The number of esters is 2. The zero-order chi connectivity index (χ0) is 25.4. The summed E-state index contributed by atoms with van der Waals surface area (Å²) in [6, 6.07) is 4.72. The number of phenols is 1. The van der Waals surface area contributed by atoms with Gasteiger partial charge in [0.05, 0.1) is 7.11 Å². The lowest BCUT2D eigenvalue weighted by Gasteiger charge is -2.34. The molecule has 0 saturated carbocycles. The molecule has 33 heavy (non-hydrogen) atoms. The molecule has 0 spiro atoms. The number of allylic oxidation sites excluding steroid dienone is 1. The van der Waals surface area contributed by atoms with Gasteiger partial charge in [0.15, 0.2) is 5.41 Å². The van der Waals surface area contributed by atoms with Gasteiger partial charge >= 0.3 is 18.1 Å². The standard InChI is InChI=1S/C25H36O8/c1-17-15-19(26)12-11-18(17)16-25(20(27)32-23(2,3)4,21(28)33-24(5,6)7)13-9-10-14-31-22(29)30-8/h9-12,15,26H,13-14,16H2,1-8H3/b10-9+. The summed E-state index contributed by atoms with van der Waals surface area (Å²) in [7, 11) is 1.20. The third kappa shape index (κ3) is 9.16. The number of ether oxygens (including phenoxy) is 4. The van der Waals surface area contributed by atoms with Gasteiger partial charge in [0, 0.05) is 0 Å². The molecule has 0 heterocycles. The Bertz CT molecular complexity index is 843. The molecule has 0 saturated heterocycles. The number of aromatic hydroxyl groups is 1. The molecule has 1 N–H and O–H groups in total. The molecule has 0 unspecified atom stereocenters. The Hall–Kier alpha value is -3.03. The second kappa shape index (κ2) is 11.2. The van der Waals surface area contributed by atoms with E-state index in [2.05, 4.69) is 4.74 Å². The first-order chi connectivity index (χ1) is 15.1. The number of aryl methyl sites for hydroxylation is 1. The van der Waals surface area contributed by atoms with E-state index in [0.29, 0.717) is 11.1 Å². The molecule has 1 aromatic carbocycles. The van der Waals surface area contributed by atoms with Gasteiger partial charge in [0.25, 0.3) is 0 Å². The van der Waals surface area contributed by atoms with E-state index in [1.165, 1.54) is 19.3 Å². The summed E-state index contributed by atoms with van der Waals surface area (Å²) in [6.45, 7) is 12.0. The average molecular weight is 465 g/mol. The lowest BCUT2D eigenvalue weighted by molar-refractivity contribution is -0.185. The van der Waals surface area contributed by atoms with Crippen LogP contribution in [0.4, 0.5) is 4.79 Å². The number of phenolic OH excluding ortho intramolecular Hbond substituents is 1. The van der Waals surface area contributed by atoms with E-state index in [1.807, 2.05) is 0 Å². The molecule has 0 radical (unpaired) electrons. The third-order valence-corrected chi connectivity index (χ3v) is 4.49. The Balaban J connectivity index is 3.46. The first-order valence-corrected chi connectivity index (χ1v) is 10.7. The van der Waals surface area contributed by atoms with Crippen molar-refractivity contribution in [2.24, 2.45) is 5.41 Å². The summed E-state index contributed by atoms with van der Waals surface area (Å²) in [4.78, 5) is 38.2. The number of rotatable bonds is 8. The summed E-state index contributed by atoms with van der Waals surface area (Å²) in [5, 5.41) is 9.78. The molecule has 0 fully saturated rings. The minimum absolute atomic E-state index is 0.00879. The van der Waals surface area contributed by atoms with Gasteiger partial charge in [0.2, 0.25) is 0 Å². The third-order valence-electron chi connectivity index (χ3n) is 4.49. The van der Waals surface area contributed by atoms with Gasteiger partial charge < -0.3 is 24.1 Å². The Labute approximate surface area is 195 Å². The van der Waals surface area contributed by atoms with Crippen LogP contribution in [-0.4, -0.2) is 48.1 Å². The molecule has 0 aliphatic heterocycles. The van der Waals surface area contributed by atoms with Crippen molar-refractivity contribution >= 4 is 18.1 Å². The molecule has 0 atom stereocenters. The molecule has 8 heteroatoms. The van der Waals surface area contributed by atoms with E-state index >= 15 is 0 Å². The fourth-order valence-corrected chi connectivity index (χ4v) is 2.95. The zero-order valence-electron chi connectivity index (χ0n) is 20.8. The molecule has 184 valence electrons. The Morgan fingerprint density at radius 3 is 1.94 bits per heavy atom. The van der Waals surface area contributed by atoms with E-state index < -0.39 is 34.7 Å². The van der Waals surface area contributed by atoms with Gasteiger partial charge in [-0.3, -0.25) is 9.59 Å². The van der Waals surface area contributed by atoms with Gasteiger partial charge in [-0.2, -0.15) is 0 Å². The minimum Gasteiger partial charge on any atom is -0.508 e. The van der Waals surface area contributed by atoms with Crippen molar-refractivity contribution < 1.29 is 38.4 Å². The largest absolute Gasteiger partial charge is 0.508 e. The van der Waals surface area contributed by atoms with Crippen molar-refractivity contribution in [3.63, 3.8) is 0 Å². The summed E-state index contributed by atoms with van der Waals surface area (Å²) in [5.74, 6) is -1.37. The number of carbonyl (C=O) groups excluding carboxylic acids is 3. The number of hydrogen-bond acceptors (Lipinski definition) is 8. The molecule has 1 aromatic rings. The maximum atomic E-state index is 13.5. The van der Waals surface area contributed by atoms with Crippen LogP contribution in [0.2, 0.25) is 0 Å². The smallest absolute Gasteiger partial charge is 0.508 e. The van der Waals surface area contributed by atoms with Crippen LogP contribution in [0.1, 0.15) is 59.1 Å². The highest BCUT2D eigenvalue weighted by atomic mass is 16.7. The van der Waals surface area contributed by atoms with E-state index in [-0.39, 0.29) is 25.2 Å². The van der Waals surface area contributed by atoms with Crippen LogP contribution < -0.4 is 0 Å². The second-order valence-electron chi connectivity index (χ2n) is 9.81. The first kappa shape index (κ1) is 28.0. The molecular weight excluding hydrogens is 428 g/mol. The van der Waals surface area contributed by atoms with Crippen molar-refractivity contribution in [1.82, 2.24) is 0 Å². The van der Waals surface area contributed by atoms with E-state index in [9.17, 15) is 19.5 Å². The van der Waals surface area contributed by atoms with Gasteiger partial charge in [-0.15, -0.1) is 0 Å². The summed E-state index contributed by atoms with van der Waals surface area (Å²) in [6.07, 6.45) is 2.19. The highest BCUT2D eigenvalue weighted by molar-refractivity contribution is 6.01. The molecule has 0 amide bonds. The van der Waals surface area contributed by atoms with Crippen molar-refractivity contribution in [3.05, 3.63) is 41.5 Å². The van der Waals surface area contributed by atoms with Gasteiger partial charge in [-0.05, 0) is 84.6 Å². The Morgan fingerprint density at radius 1 is 0.939 bits per heavy atom. The fourth-order valence-electron chi connectivity index (χ4n) is 2.95. The van der Waals surface area contributed by atoms with Crippen LogP contribution in [0.3, 0.4) is 0 Å². The van der Waals surface area contributed by atoms with Gasteiger partial charge in [0.1, 0.15) is 23.6 Å². The Kier molecular flexibility index (Phi) is 9.51. The molecule has 1 rings (SSSR count). The molecule has 0 aliphatic carbocycles. The maximum Gasteiger partial charge on any atom is 0.508 e. The molecule has 0 aromatic heterocycles. The highest BCUT2D eigenvalue weighted by Crippen LogP contribution is 2.36. The van der Waals surface area contributed by atoms with Crippen LogP contribution >= 0.6 is 0 Å². The molecule has 0 bridgehead atoms. The molecule has 0 aliphatic rings. The minimum atomic E-state index is -1.70. The first-order valence-electron chi connectivity index (χ1n) is 10.7. The predicted molar refractivity (Wildman–Crippen MR) is 123 cm³/mol. The van der Waals surface area contributed by atoms with Gasteiger partial charge in [-0.1, -0.05) is 18.2 Å². The molecule has 8 nitrogen and oxygen atoms in total. The fraction of sp³-hybridized carbons (Fsp3) is 0.560. The van der Waals surface area contributed by atoms with E-state index in [4.69, 9.17) is 14.2 Å². The monoisotopic (exact) mass is 464 g/mol. The normalized spacial score (nSPS) is 12.4. The second-order valence-corrected chi connectivity index (χ2v) is 9.81. The zero-order valence-corrected chi connectivity index (χ0v) is 20.8. The van der Waals surface area contributed by atoms with Crippen LogP contribution in [0, 0.1) is 12.3 Å². The van der Waals surface area contributed by atoms with Crippen molar-refractivity contribution in [2.45, 2.75) is 72.5 Å². The van der Waals surface area contributed by atoms with Crippen molar-refractivity contribution in [3.8, 4) is 5.75 Å². The summed E-state index contributed by atoms with van der Waals surface area (Å²) < 4.78 is 20.6. The van der Waals surface area contributed by atoms with Crippen LogP contribution in [0.5, 0.6) is 5.75 Å². The van der Waals surface area contributed by atoms with Crippen LogP contribution in [0.15, 0.2) is 30.4 Å². The number of methoxy groups -OCH3 is 1. The summed E-state index contributed by atoms with van der Waals surface area (Å²) in [5.41, 5.74) is -1.99. The van der Waals surface area contributed by atoms with Gasteiger partial charge in [-0.25, -0.2) is 4.79 Å². The van der Waals surface area contributed by atoms with Crippen molar-refractivity contribution in [1.29, 1.82) is 0 Å². The lowest BCUT2D eigenvalue weighted by Crippen LogP contribution is -2.48. The Morgan fingerprint density at radius 2 is 1.48 bits per heavy atom. The quantitative estimate of drug-likeness (QED) is 0.256. The summed E-state index contributed by atoms with van der Waals surface area (Å²) >= 11 is 0. The van der Waals surface area contributed by atoms with E-state index in [1.54, 1.807) is 66.7 Å². The number of benzene rings is 1. The topological polar surface area (TPSA) is 108 Å². The number of hydrogen-bond donors (Lipinski definition) is 1. The van der Waals surface area contributed by atoms with Crippen LogP contribution in [0.25, 0.3) is 0 Å². The molecular formula is C25H36O8. The lowest BCUT2D eigenvalue weighted by atomic mass is 9.77. The predicted octanol–water partition coefficient (Wildman–Crippen LogP) is 4.64. The van der Waals surface area contributed by atoms with Crippen molar-refractivity contribution in [2.75, 3.05) is 13.7 Å². The highest BCUT2D eigenvalue weighted by Gasteiger charge is 2.50. The van der Waals surface area contributed by atoms with E-state index in [0.717, 1.165) is 0 Å².